The Balaban J connectivity index is 2.19. The summed E-state index contributed by atoms with van der Waals surface area (Å²) in [6.45, 7) is -2.22. The van der Waals surface area contributed by atoms with Crippen LogP contribution in [0.25, 0.3) is 6.08 Å². The maximum Gasteiger partial charge on any atom is 0.433 e. The monoisotopic (exact) mass is 539 g/mol. The van der Waals surface area contributed by atoms with E-state index in [0.717, 1.165) is 30.5 Å². The molecule has 0 spiro atoms. The van der Waals surface area contributed by atoms with Gasteiger partial charge in [-0.1, -0.05) is 5.92 Å². The lowest BCUT2D eigenvalue weighted by Gasteiger charge is -2.13. The first-order chi connectivity index (χ1) is 16.5. The van der Waals surface area contributed by atoms with Crippen molar-refractivity contribution in [2.24, 2.45) is 0 Å². The van der Waals surface area contributed by atoms with Crippen LogP contribution in [0.1, 0.15) is 22.4 Å². The molecule has 2 N–H and O–H groups in total. The van der Waals surface area contributed by atoms with E-state index in [9.17, 15) is 43.9 Å². The van der Waals surface area contributed by atoms with Gasteiger partial charge in [-0.2, -0.15) is 26.3 Å². The van der Waals surface area contributed by atoms with Crippen LogP contribution in [0.5, 0.6) is 5.88 Å². The van der Waals surface area contributed by atoms with Crippen molar-refractivity contribution < 1.29 is 48.7 Å². The number of terminal acetylenes is 1. The Hall–Kier alpha value is -3.80. The molecule has 1 heterocycles. The zero-order valence-corrected chi connectivity index (χ0v) is 18.9. The van der Waals surface area contributed by atoms with Crippen molar-refractivity contribution in [1.29, 1.82) is 0 Å². The molecule has 1 aromatic carbocycles. The molecule has 194 valence electrons. The van der Waals surface area contributed by atoms with Crippen LogP contribution in [0.3, 0.4) is 0 Å². The molecule has 0 aliphatic heterocycles. The molecular formula is C21H16F7N3O4S. The van der Waals surface area contributed by atoms with Gasteiger partial charge in [0.1, 0.15) is 11.5 Å². The van der Waals surface area contributed by atoms with E-state index >= 15 is 0 Å². The van der Waals surface area contributed by atoms with Crippen molar-refractivity contribution in [3.63, 3.8) is 0 Å². The predicted molar refractivity (Wildman–Crippen MR) is 114 cm³/mol. The number of alkyl halides is 6. The fraction of sp³-hybridized carbons (Fsp3) is 0.238. The Morgan fingerprint density at radius 2 is 1.86 bits per heavy atom. The lowest BCUT2D eigenvalue weighted by Crippen LogP contribution is -2.21. The van der Waals surface area contributed by atoms with Crippen LogP contribution in [-0.4, -0.2) is 38.3 Å². The number of halogens is 7. The highest BCUT2D eigenvalue weighted by Crippen LogP contribution is 2.31. The van der Waals surface area contributed by atoms with E-state index in [2.05, 4.69) is 21.0 Å². The standard InChI is InChI=1S/C21H16F7N3O4S/c1-3-13-8-12(9-15(22)18(13)31-36(2,33)34)10-29-17(32)7-5-14-4-6-16(21(26,27)28)30-19(14)35-11-20(23,24)25/h1,4-9,31H,10-11H2,2H3,(H,29,32)/b7-5+. The minimum absolute atomic E-state index is 0.131. The number of nitrogens with zero attached hydrogens (tertiary/aromatic N) is 1. The number of sulfonamides is 1. The van der Waals surface area contributed by atoms with Gasteiger partial charge in [-0.3, -0.25) is 9.52 Å². The van der Waals surface area contributed by atoms with Gasteiger partial charge in [0.25, 0.3) is 0 Å². The number of aromatic nitrogens is 1. The van der Waals surface area contributed by atoms with Gasteiger partial charge in [-0.15, -0.1) is 6.42 Å². The van der Waals surface area contributed by atoms with Crippen LogP contribution in [0.2, 0.25) is 0 Å². The summed E-state index contributed by atoms with van der Waals surface area (Å²) in [6, 6.07) is 3.40. The molecule has 0 saturated heterocycles. The van der Waals surface area contributed by atoms with Crippen LogP contribution in [0.4, 0.5) is 36.4 Å². The van der Waals surface area contributed by atoms with Crippen LogP contribution < -0.4 is 14.8 Å². The molecule has 0 aliphatic rings. The van der Waals surface area contributed by atoms with Crippen LogP contribution in [0.15, 0.2) is 30.3 Å². The van der Waals surface area contributed by atoms with Crippen molar-refractivity contribution >= 4 is 27.7 Å². The number of benzene rings is 1. The number of carbonyl (C=O) groups excluding carboxylic acids is 1. The molecule has 0 aliphatic carbocycles. The van der Waals surface area contributed by atoms with Gasteiger partial charge in [0.2, 0.25) is 21.8 Å². The minimum Gasteiger partial charge on any atom is -0.468 e. The van der Waals surface area contributed by atoms with Crippen LogP contribution in [-0.2, 0) is 27.5 Å². The third-order valence-electron chi connectivity index (χ3n) is 4.03. The van der Waals surface area contributed by atoms with Gasteiger partial charge in [0.05, 0.1) is 17.5 Å². The van der Waals surface area contributed by atoms with Gasteiger partial charge in [-0.25, -0.2) is 17.8 Å². The van der Waals surface area contributed by atoms with Gasteiger partial charge in [0.15, 0.2) is 6.61 Å². The van der Waals surface area contributed by atoms with E-state index in [-0.39, 0.29) is 23.2 Å². The number of hydrogen-bond acceptors (Lipinski definition) is 5. The van der Waals surface area contributed by atoms with Crippen molar-refractivity contribution in [3.8, 4) is 18.2 Å². The molecular weight excluding hydrogens is 523 g/mol. The summed E-state index contributed by atoms with van der Waals surface area (Å²) in [5, 5.41) is 2.31. The molecule has 1 aromatic heterocycles. The summed E-state index contributed by atoms with van der Waals surface area (Å²) in [4.78, 5) is 15.1. The second-order valence-corrected chi connectivity index (χ2v) is 8.81. The second kappa shape index (κ2) is 10.9. The fourth-order valence-electron chi connectivity index (χ4n) is 2.58. The molecule has 0 radical (unpaired) electrons. The molecule has 0 bridgehead atoms. The highest BCUT2D eigenvalue weighted by Gasteiger charge is 2.34. The Morgan fingerprint density at radius 3 is 2.42 bits per heavy atom. The summed E-state index contributed by atoms with van der Waals surface area (Å²) < 4.78 is 119. The zero-order valence-electron chi connectivity index (χ0n) is 18.1. The molecule has 36 heavy (non-hydrogen) atoms. The van der Waals surface area contributed by atoms with E-state index < -0.39 is 58.0 Å². The normalized spacial score (nSPS) is 12.3. The first kappa shape index (κ1) is 28.4. The molecule has 0 saturated carbocycles. The van der Waals surface area contributed by atoms with E-state index in [1.54, 1.807) is 0 Å². The highest BCUT2D eigenvalue weighted by molar-refractivity contribution is 7.92. The topological polar surface area (TPSA) is 97.4 Å². The van der Waals surface area contributed by atoms with Crippen molar-refractivity contribution in [2.45, 2.75) is 18.9 Å². The lowest BCUT2D eigenvalue weighted by molar-refractivity contribution is -0.154. The van der Waals surface area contributed by atoms with Gasteiger partial charge >= 0.3 is 12.4 Å². The maximum atomic E-state index is 14.3. The van der Waals surface area contributed by atoms with E-state index in [1.165, 1.54) is 6.07 Å². The number of hydrogen-bond donors (Lipinski definition) is 2. The summed E-state index contributed by atoms with van der Waals surface area (Å²) in [5.41, 5.74) is -2.33. The molecule has 2 rings (SSSR count). The number of carbonyl (C=O) groups is 1. The lowest BCUT2D eigenvalue weighted by atomic mass is 10.1. The number of pyridine rings is 1. The van der Waals surface area contributed by atoms with Gasteiger partial charge in [-0.05, 0) is 35.9 Å². The summed E-state index contributed by atoms with van der Waals surface area (Å²) in [5.74, 6) is -0.775. The summed E-state index contributed by atoms with van der Waals surface area (Å²) in [7, 11) is -3.84. The van der Waals surface area contributed by atoms with Crippen molar-refractivity contribution in [1.82, 2.24) is 10.3 Å². The Kier molecular flexibility index (Phi) is 8.57. The molecule has 0 atom stereocenters. The van der Waals surface area contributed by atoms with Crippen molar-refractivity contribution in [2.75, 3.05) is 17.6 Å². The van der Waals surface area contributed by atoms with Gasteiger partial charge in [0, 0.05) is 18.2 Å². The van der Waals surface area contributed by atoms with E-state index in [0.29, 0.717) is 6.07 Å². The van der Waals surface area contributed by atoms with Gasteiger partial charge < -0.3 is 10.1 Å². The molecule has 15 heteroatoms. The second-order valence-electron chi connectivity index (χ2n) is 7.06. The largest absolute Gasteiger partial charge is 0.468 e. The number of nitrogens with one attached hydrogen (secondary N) is 2. The van der Waals surface area contributed by atoms with Crippen molar-refractivity contribution in [3.05, 3.63) is 58.5 Å². The van der Waals surface area contributed by atoms with Crippen LogP contribution in [0, 0.1) is 18.2 Å². The third-order valence-corrected chi connectivity index (χ3v) is 4.60. The average molecular weight is 539 g/mol. The number of amides is 1. The van der Waals surface area contributed by atoms with Crippen LogP contribution >= 0.6 is 0 Å². The molecule has 2 aromatic rings. The molecule has 0 unspecified atom stereocenters. The smallest absolute Gasteiger partial charge is 0.433 e. The maximum absolute atomic E-state index is 14.3. The first-order valence-electron chi connectivity index (χ1n) is 9.49. The number of anilines is 1. The number of rotatable bonds is 8. The Bertz CT molecular complexity index is 1310. The summed E-state index contributed by atoms with van der Waals surface area (Å²) in [6.07, 6.45) is -2.09. The highest BCUT2D eigenvalue weighted by atomic mass is 32.2. The predicted octanol–water partition coefficient (Wildman–Crippen LogP) is 3.86. The molecule has 0 fully saturated rings. The third kappa shape index (κ3) is 8.77. The average Bonchev–Trinajstić information content (AvgIpc) is 2.74. The zero-order chi connectivity index (χ0) is 27.3. The Morgan fingerprint density at radius 1 is 1.19 bits per heavy atom. The quantitative estimate of drug-likeness (QED) is 0.302. The van der Waals surface area contributed by atoms with E-state index in [1.807, 2.05) is 4.72 Å². The number of ether oxygens (including phenoxy) is 1. The molecule has 7 nitrogen and oxygen atoms in total. The summed E-state index contributed by atoms with van der Waals surface area (Å²) >= 11 is 0. The molecule has 1 amide bonds. The minimum atomic E-state index is -4.95. The van der Waals surface area contributed by atoms with E-state index in [4.69, 9.17) is 6.42 Å². The Labute approximate surface area is 200 Å². The fourth-order valence-corrected chi connectivity index (χ4v) is 3.16. The first-order valence-corrected chi connectivity index (χ1v) is 11.4. The SMILES string of the molecule is C#Cc1cc(CNC(=O)/C=C/c2ccc(C(F)(F)F)nc2OCC(F)(F)F)cc(F)c1NS(C)(=O)=O.